The topological polar surface area (TPSA) is 68.1 Å². The summed E-state index contributed by atoms with van der Waals surface area (Å²) < 4.78 is 1.43. The Hall–Kier alpha value is -3.02. The van der Waals surface area contributed by atoms with Gasteiger partial charge in [-0.2, -0.15) is 0 Å². The van der Waals surface area contributed by atoms with Gasteiger partial charge in [0, 0.05) is 32.1 Å². The second kappa shape index (κ2) is 8.12. The highest BCUT2D eigenvalue weighted by molar-refractivity contribution is 5.97. The third kappa shape index (κ3) is 3.89. The molecule has 0 saturated heterocycles. The highest BCUT2D eigenvalue weighted by atomic mass is 16.2. The lowest BCUT2D eigenvalue weighted by Crippen LogP contribution is -2.31. The lowest BCUT2D eigenvalue weighted by molar-refractivity contribution is 0.0720. The number of benzene rings is 1. The van der Waals surface area contributed by atoms with Gasteiger partial charge < -0.3 is 9.47 Å². The average molecular weight is 364 g/mol. The maximum absolute atomic E-state index is 13.1. The zero-order valence-electron chi connectivity index (χ0n) is 15.9. The molecule has 6 heteroatoms. The molecule has 1 aromatic carbocycles. The molecular weight excluding hydrogens is 340 g/mol. The number of fused-ring (bicyclic) bond motifs is 1. The molecule has 6 nitrogen and oxygen atoms in total. The quantitative estimate of drug-likeness (QED) is 0.673. The number of rotatable bonds is 6. The van der Waals surface area contributed by atoms with Gasteiger partial charge in [-0.3, -0.25) is 14.6 Å². The Labute approximate surface area is 158 Å². The number of nitrogens with zero attached hydrogens (tertiary/aromatic N) is 4. The first-order valence-electron chi connectivity index (χ1n) is 9.15. The molecule has 2 aromatic heterocycles. The maximum atomic E-state index is 13.1. The summed E-state index contributed by atoms with van der Waals surface area (Å²) >= 11 is 0. The molecule has 0 N–H and O–H groups in total. The molecule has 140 valence electrons. The summed E-state index contributed by atoms with van der Waals surface area (Å²) in [6.45, 7) is 2.14. The molecule has 0 fully saturated rings. The van der Waals surface area contributed by atoms with E-state index in [0.717, 1.165) is 24.8 Å². The SMILES string of the molecule is CCCC[C@@H](c1cccnc1)N(C)C(=O)c1ccc2c(=O)n(C)cnc2c1. The highest BCUT2D eigenvalue weighted by Crippen LogP contribution is 2.26. The predicted molar refractivity (Wildman–Crippen MR) is 106 cm³/mol. The van der Waals surface area contributed by atoms with Crippen LogP contribution in [0.5, 0.6) is 0 Å². The number of hydrogen-bond donors (Lipinski definition) is 0. The molecule has 0 radical (unpaired) electrons. The van der Waals surface area contributed by atoms with Crippen molar-refractivity contribution in [1.82, 2.24) is 19.4 Å². The fourth-order valence-electron chi connectivity index (χ4n) is 3.24. The molecule has 0 saturated carbocycles. The van der Waals surface area contributed by atoms with Crippen molar-refractivity contribution in [2.45, 2.75) is 32.2 Å². The third-order valence-electron chi connectivity index (χ3n) is 4.85. The van der Waals surface area contributed by atoms with Crippen molar-refractivity contribution in [3.05, 3.63) is 70.5 Å². The Morgan fingerprint density at radius 3 is 2.81 bits per heavy atom. The normalized spacial score (nSPS) is 12.1. The lowest BCUT2D eigenvalue weighted by Gasteiger charge is -2.28. The Morgan fingerprint density at radius 1 is 1.30 bits per heavy atom. The largest absolute Gasteiger partial charge is 0.335 e. The Kier molecular flexibility index (Phi) is 5.64. The molecule has 2 heterocycles. The number of amides is 1. The zero-order chi connectivity index (χ0) is 19.4. The summed E-state index contributed by atoms with van der Waals surface area (Å²) in [6.07, 6.45) is 7.97. The third-order valence-corrected chi connectivity index (χ3v) is 4.85. The number of carbonyl (C=O) groups excluding carboxylic acids is 1. The first-order chi connectivity index (χ1) is 13.0. The fraction of sp³-hybridized carbons (Fsp3) is 0.333. The van der Waals surface area contributed by atoms with Crippen LogP contribution in [-0.2, 0) is 7.05 Å². The number of pyridine rings is 1. The van der Waals surface area contributed by atoms with Crippen molar-refractivity contribution in [2.24, 2.45) is 7.05 Å². The molecule has 0 aliphatic rings. The Balaban J connectivity index is 1.93. The minimum Gasteiger partial charge on any atom is -0.335 e. The van der Waals surface area contributed by atoms with Gasteiger partial charge in [-0.05, 0) is 36.2 Å². The summed E-state index contributed by atoms with van der Waals surface area (Å²) in [5, 5.41) is 0.508. The summed E-state index contributed by atoms with van der Waals surface area (Å²) in [5.41, 5.74) is 1.96. The van der Waals surface area contributed by atoms with E-state index in [1.165, 1.54) is 10.9 Å². The highest BCUT2D eigenvalue weighted by Gasteiger charge is 2.23. The molecule has 0 bridgehead atoms. The van der Waals surface area contributed by atoms with Crippen LogP contribution in [0.15, 0.2) is 53.8 Å². The minimum absolute atomic E-state index is 0.0431. The first kappa shape index (κ1) is 18.8. The molecule has 1 atom stereocenters. The van der Waals surface area contributed by atoms with Crippen molar-refractivity contribution in [3.63, 3.8) is 0 Å². The lowest BCUT2D eigenvalue weighted by atomic mass is 10.0. The summed E-state index contributed by atoms with van der Waals surface area (Å²) in [4.78, 5) is 35.5. The molecule has 0 aliphatic carbocycles. The van der Waals surface area contributed by atoms with E-state index in [-0.39, 0.29) is 17.5 Å². The minimum atomic E-state index is -0.122. The van der Waals surface area contributed by atoms with Gasteiger partial charge >= 0.3 is 0 Å². The van der Waals surface area contributed by atoms with Gasteiger partial charge in [0.1, 0.15) is 0 Å². The van der Waals surface area contributed by atoms with Crippen LogP contribution in [0.1, 0.15) is 48.1 Å². The predicted octanol–water partition coefficient (Wildman–Crippen LogP) is 3.33. The Morgan fingerprint density at radius 2 is 2.11 bits per heavy atom. The van der Waals surface area contributed by atoms with Gasteiger partial charge in [0.05, 0.1) is 23.3 Å². The van der Waals surface area contributed by atoms with Gasteiger partial charge in [0.15, 0.2) is 0 Å². The van der Waals surface area contributed by atoms with E-state index >= 15 is 0 Å². The van der Waals surface area contributed by atoms with E-state index in [0.29, 0.717) is 16.5 Å². The number of carbonyl (C=O) groups is 1. The van der Waals surface area contributed by atoms with Gasteiger partial charge in [0.2, 0.25) is 0 Å². The van der Waals surface area contributed by atoms with Crippen LogP contribution in [0.25, 0.3) is 10.9 Å². The van der Waals surface area contributed by atoms with E-state index < -0.39 is 0 Å². The van der Waals surface area contributed by atoms with Crippen molar-refractivity contribution in [3.8, 4) is 0 Å². The van der Waals surface area contributed by atoms with Crippen molar-refractivity contribution >= 4 is 16.8 Å². The van der Waals surface area contributed by atoms with Crippen LogP contribution < -0.4 is 5.56 Å². The first-order valence-corrected chi connectivity index (χ1v) is 9.15. The molecule has 1 amide bonds. The number of unbranched alkanes of at least 4 members (excludes halogenated alkanes) is 1. The second-order valence-corrected chi connectivity index (χ2v) is 6.75. The van der Waals surface area contributed by atoms with Crippen LogP contribution in [0.3, 0.4) is 0 Å². The number of aryl methyl sites for hydroxylation is 1. The molecule has 27 heavy (non-hydrogen) atoms. The smallest absolute Gasteiger partial charge is 0.260 e. The van der Waals surface area contributed by atoms with Crippen LogP contribution in [-0.4, -0.2) is 32.4 Å². The van der Waals surface area contributed by atoms with Crippen LogP contribution in [0, 0.1) is 0 Å². The van der Waals surface area contributed by atoms with E-state index in [1.807, 2.05) is 25.4 Å². The van der Waals surface area contributed by atoms with E-state index in [4.69, 9.17) is 0 Å². The fourth-order valence-corrected chi connectivity index (χ4v) is 3.24. The number of hydrogen-bond acceptors (Lipinski definition) is 4. The molecular formula is C21H24N4O2. The molecule has 3 rings (SSSR count). The van der Waals surface area contributed by atoms with Gasteiger partial charge in [0.25, 0.3) is 11.5 Å². The van der Waals surface area contributed by atoms with Gasteiger partial charge in [-0.15, -0.1) is 0 Å². The van der Waals surface area contributed by atoms with Crippen molar-refractivity contribution < 1.29 is 4.79 Å². The summed E-state index contributed by atoms with van der Waals surface area (Å²) in [6, 6.07) is 8.92. The van der Waals surface area contributed by atoms with E-state index in [9.17, 15) is 9.59 Å². The monoisotopic (exact) mass is 364 g/mol. The van der Waals surface area contributed by atoms with Crippen LogP contribution >= 0.6 is 0 Å². The van der Waals surface area contributed by atoms with Crippen LogP contribution in [0.2, 0.25) is 0 Å². The van der Waals surface area contributed by atoms with Crippen molar-refractivity contribution in [1.29, 1.82) is 0 Å². The summed E-state index contributed by atoms with van der Waals surface area (Å²) in [7, 11) is 3.48. The molecule has 3 aromatic rings. The number of aromatic nitrogens is 3. The standard InChI is InChI=1S/C21H24N4O2/c1-4-5-8-19(16-7-6-11-22-13-16)25(3)20(26)15-9-10-17-18(12-15)23-14-24(2)21(17)27/h6-7,9-14,19H,4-5,8H2,1-3H3/t19-/m0/s1. The van der Waals surface area contributed by atoms with Gasteiger partial charge in [-0.25, -0.2) is 4.98 Å². The maximum Gasteiger partial charge on any atom is 0.260 e. The average Bonchev–Trinajstić information content (AvgIpc) is 2.71. The molecule has 0 spiro atoms. The van der Waals surface area contributed by atoms with Gasteiger partial charge in [-0.1, -0.05) is 25.8 Å². The second-order valence-electron chi connectivity index (χ2n) is 6.75. The Bertz CT molecular complexity index is 998. The molecule has 0 unspecified atom stereocenters. The van der Waals surface area contributed by atoms with E-state index in [1.54, 1.807) is 36.3 Å². The van der Waals surface area contributed by atoms with E-state index in [2.05, 4.69) is 16.9 Å². The zero-order valence-corrected chi connectivity index (χ0v) is 15.9. The van der Waals surface area contributed by atoms with Crippen LogP contribution in [0.4, 0.5) is 0 Å². The molecule has 0 aliphatic heterocycles. The van der Waals surface area contributed by atoms with Crippen molar-refractivity contribution in [2.75, 3.05) is 7.05 Å². The summed E-state index contributed by atoms with van der Waals surface area (Å²) in [5.74, 6) is -0.0932.